The largest absolute Gasteiger partial charge is 0.456 e. The summed E-state index contributed by atoms with van der Waals surface area (Å²) in [5, 5.41) is 9.55. The molecule has 2 nitrogen and oxygen atoms in total. The van der Waals surface area contributed by atoms with Crippen LogP contribution in [0.5, 0.6) is 11.5 Å². The zero-order chi connectivity index (χ0) is 14.7. The monoisotopic (exact) mass is 334 g/mol. The Balaban J connectivity index is 2.17. The highest BCUT2D eigenvalue weighted by molar-refractivity contribution is 9.10. The molecule has 2 rings (SSSR count). The Morgan fingerprint density at radius 2 is 1.55 bits per heavy atom. The Hall–Kier alpha value is -1.32. The highest BCUT2D eigenvalue weighted by Gasteiger charge is 2.07. The molecule has 0 saturated carbocycles. The number of ether oxygens (including phenoxy) is 1. The fourth-order valence-corrected chi connectivity index (χ4v) is 2.38. The Morgan fingerprint density at radius 3 is 2.05 bits per heavy atom. The molecule has 106 valence electrons. The Labute approximate surface area is 128 Å². The van der Waals surface area contributed by atoms with E-state index in [1.807, 2.05) is 30.3 Å². The van der Waals surface area contributed by atoms with Crippen molar-refractivity contribution in [2.75, 3.05) is 0 Å². The lowest BCUT2D eigenvalue weighted by molar-refractivity contribution is 0.199. The second-order valence-electron chi connectivity index (χ2n) is 5.19. The summed E-state index contributed by atoms with van der Waals surface area (Å²) in [5.74, 6) is 2.06. The number of aliphatic hydroxyl groups excluding tert-OH is 1. The molecule has 0 spiro atoms. The molecule has 0 aliphatic heterocycles. The van der Waals surface area contributed by atoms with E-state index in [4.69, 9.17) is 4.74 Å². The second kappa shape index (κ2) is 6.42. The lowest BCUT2D eigenvalue weighted by Gasteiger charge is -2.12. The van der Waals surface area contributed by atoms with Crippen LogP contribution in [-0.4, -0.2) is 5.11 Å². The third-order valence-corrected chi connectivity index (χ3v) is 3.83. The molecular weight excluding hydrogens is 316 g/mol. The van der Waals surface area contributed by atoms with Crippen LogP contribution in [-0.2, 0) is 0 Å². The summed E-state index contributed by atoms with van der Waals surface area (Å²) in [5.41, 5.74) is 2.15. The average Bonchev–Trinajstić information content (AvgIpc) is 2.41. The van der Waals surface area contributed by atoms with E-state index in [0.29, 0.717) is 5.92 Å². The smallest absolute Gasteiger partial charge is 0.141 e. The standard InChI is InChI=1S/C17H19BrO2/c1-11(2)13-4-7-15(8-5-13)20-17-9-6-14(12(3)19)10-16(17)18/h4-12,19H,1-3H3/t12-/m1/s1. The zero-order valence-corrected chi connectivity index (χ0v) is 13.5. The van der Waals surface area contributed by atoms with Crippen LogP contribution in [0.1, 0.15) is 43.9 Å². The van der Waals surface area contributed by atoms with Gasteiger partial charge in [0.2, 0.25) is 0 Å². The quantitative estimate of drug-likeness (QED) is 0.809. The zero-order valence-electron chi connectivity index (χ0n) is 11.9. The first-order valence-electron chi connectivity index (χ1n) is 6.72. The van der Waals surface area contributed by atoms with E-state index >= 15 is 0 Å². The van der Waals surface area contributed by atoms with Gasteiger partial charge in [0.1, 0.15) is 11.5 Å². The van der Waals surface area contributed by atoms with Gasteiger partial charge in [0, 0.05) is 0 Å². The first-order valence-corrected chi connectivity index (χ1v) is 7.52. The molecule has 0 heterocycles. The van der Waals surface area contributed by atoms with Crippen molar-refractivity contribution >= 4 is 15.9 Å². The molecule has 1 atom stereocenters. The van der Waals surface area contributed by atoms with E-state index in [0.717, 1.165) is 21.5 Å². The van der Waals surface area contributed by atoms with Gasteiger partial charge < -0.3 is 9.84 Å². The summed E-state index contributed by atoms with van der Waals surface area (Å²) >= 11 is 3.47. The average molecular weight is 335 g/mol. The van der Waals surface area contributed by atoms with Gasteiger partial charge in [0.05, 0.1) is 10.6 Å². The summed E-state index contributed by atoms with van der Waals surface area (Å²) in [6.07, 6.45) is -0.481. The fourth-order valence-electron chi connectivity index (χ4n) is 1.91. The second-order valence-corrected chi connectivity index (χ2v) is 6.05. The van der Waals surface area contributed by atoms with Crippen molar-refractivity contribution in [3.05, 3.63) is 58.1 Å². The van der Waals surface area contributed by atoms with Crippen molar-refractivity contribution in [1.82, 2.24) is 0 Å². The summed E-state index contributed by atoms with van der Waals surface area (Å²) in [6, 6.07) is 13.7. The molecule has 0 aliphatic carbocycles. The number of hydrogen-bond acceptors (Lipinski definition) is 2. The number of aliphatic hydroxyl groups is 1. The Bertz CT molecular complexity index is 574. The predicted octanol–water partition coefficient (Wildman–Crippen LogP) is 5.42. The maximum Gasteiger partial charge on any atom is 0.141 e. The highest BCUT2D eigenvalue weighted by atomic mass is 79.9. The van der Waals surface area contributed by atoms with E-state index in [1.165, 1.54) is 5.56 Å². The van der Waals surface area contributed by atoms with Crippen molar-refractivity contribution < 1.29 is 9.84 Å². The van der Waals surface area contributed by atoms with E-state index in [2.05, 4.69) is 41.9 Å². The highest BCUT2D eigenvalue weighted by Crippen LogP contribution is 2.32. The third-order valence-electron chi connectivity index (χ3n) is 3.21. The molecule has 0 radical (unpaired) electrons. The summed E-state index contributed by atoms with van der Waals surface area (Å²) in [7, 11) is 0. The normalized spacial score (nSPS) is 12.5. The van der Waals surface area contributed by atoms with Gasteiger partial charge in [-0.3, -0.25) is 0 Å². The van der Waals surface area contributed by atoms with Crippen molar-refractivity contribution in [2.24, 2.45) is 0 Å². The van der Waals surface area contributed by atoms with Crippen molar-refractivity contribution in [2.45, 2.75) is 32.8 Å². The van der Waals surface area contributed by atoms with Gasteiger partial charge in [-0.2, -0.15) is 0 Å². The van der Waals surface area contributed by atoms with Gasteiger partial charge in [0.15, 0.2) is 0 Å². The van der Waals surface area contributed by atoms with Crippen LogP contribution in [0.3, 0.4) is 0 Å². The topological polar surface area (TPSA) is 29.5 Å². The molecule has 0 fully saturated rings. The van der Waals surface area contributed by atoms with Crippen LogP contribution in [0, 0.1) is 0 Å². The van der Waals surface area contributed by atoms with Crippen LogP contribution < -0.4 is 4.74 Å². The molecule has 0 amide bonds. The molecule has 0 bridgehead atoms. The maximum atomic E-state index is 9.55. The lowest BCUT2D eigenvalue weighted by Crippen LogP contribution is -1.93. The number of benzene rings is 2. The van der Waals surface area contributed by atoms with Crippen molar-refractivity contribution in [3.8, 4) is 11.5 Å². The first kappa shape index (κ1) is 15.1. The summed E-state index contributed by atoms with van der Waals surface area (Å²) < 4.78 is 6.69. The number of halogens is 1. The van der Waals surface area contributed by atoms with E-state index in [1.54, 1.807) is 6.92 Å². The lowest BCUT2D eigenvalue weighted by atomic mass is 10.0. The predicted molar refractivity (Wildman–Crippen MR) is 85.4 cm³/mol. The number of hydrogen-bond donors (Lipinski definition) is 1. The van der Waals surface area contributed by atoms with E-state index in [-0.39, 0.29) is 0 Å². The van der Waals surface area contributed by atoms with Gasteiger partial charge in [-0.25, -0.2) is 0 Å². The molecule has 20 heavy (non-hydrogen) atoms. The van der Waals surface area contributed by atoms with Gasteiger partial charge in [-0.1, -0.05) is 32.0 Å². The Kier molecular flexibility index (Phi) is 4.84. The minimum Gasteiger partial charge on any atom is -0.456 e. The van der Waals surface area contributed by atoms with Gasteiger partial charge in [0.25, 0.3) is 0 Å². The third kappa shape index (κ3) is 3.62. The van der Waals surface area contributed by atoms with Crippen LogP contribution in [0.25, 0.3) is 0 Å². The summed E-state index contributed by atoms with van der Waals surface area (Å²) in [4.78, 5) is 0. The van der Waals surface area contributed by atoms with Crippen molar-refractivity contribution in [3.63, 3.8) is 0 Å². The molecule has 3 heteroatoms. The molecule has 0 aliphatic rings. The Morgan fingerprint density at radius 1 is 0.950 bits per heavy atom. The van der Waals surface area contributed by atoms with Crippen LogP contribution in [0.15, 0.2) is 46.9 Å². The molecule has 2 aromatic rings. The SMILES string of the molecule is CC(C)c1ccc(Oc2ccc([C@@H](C)O)cc2Br)cc1. The molecule has 0 unspecified atom stereocenters. The first-order chi connectivity index (χ1) is 9.47. The van der Waals surface area contributed by atoms with Gasteiger partial charge in [-0.15, -0.1) is 0 Å². The van der Waals surface area contributed by atoms with Crippen LogP contribution >= 0.6 is 15.9 Å². The van der Waals surface area contributed by atoms with Gasteiger partial charge in [-0.05, 0) is 64.2 Å². The van der Waals surface area contributed by atoms with E-state index < -0.39 is 6.10 Å². The molecular formula is C17H19BrO2. The van der Waals surface area contributed by atoms with Crippen LogP contribution in [0.4, 0.5) is 0 Å². The minimum absolute atomic E-state index is 0.481. The summed E-state index contributed by atoms with van der Waals surface area (Å²) in [6.45, 7) is 6.08. The molecule has 2 aromatic carbocycles. The molecule has 0 aromatic heterocycles. The van der Waals surface area contributed by atoms with E-state index in [9.17, 15) is 5.11 Å². The molecule has 1 N–H and O–H groups in total. The fraction of sp³-hybridized carbons (Fsp3) is 0.294. The van der Waals surface area contributed by atoms with Crippen molar-refractivity contribution in [1.29, 1.82) is 0 Å². The molecule has 0 saturated heterocycles. The minimum atomic E-state index is -0.481. The van der Waals surface area contributed by atoms with Crippen LogP contribution in [0.2, 0.25) is 0 Å². The van der Waals surface area contributed by atoms with Gasteiger partial charge >= 0.3 is 0 Å². The number of rotatable bonds is 4. The maximum absolute atomic E-state index is 9.55.